The molecular weight excluding hydrogens is 434 g/mol. The molecule has 9 heteroatoms. The van der Waals surface area contributed by atoms with Crippen molar-refractivity contribution in [3.63, 3.8) is 0 Å². The zero-order valence-corrected chi connectivity index (χ0v) is 18.8. The average molecular weight is 456 g/mol. The molecule has 1 aliphatic heterocycles. The van der Waals surface area contributed by atoms with Gasteiger partial charge in [-0.15, -0.1) is 10.2 Å². The van der Waals surface area contributed by atoms with Crippen LogP contribution in [0.15, 0.2) is 48.5 Å². The summed E-state index contributed by atoms with van der Waals surface area (Å²) in [6.07, 6.45) is 1.37. The van der Waals surface area contributed by atoms with Crippen LogP contribution in [-0.4, -0.2) is 53.6 Å². The van der Waals surface area contributed by atoms with Gasteiger partial charge in [0.15, 0.2) is 0 Å². The van der Waals surface area contributed by atoms with Crippen molar-refractivity contribution in [1.82, 2.24) is 15.1 Å². The van der Waals surface area contributed by atoms with Crippen LogP contribution in [0, 0.1) is 0 Å². The van der Waals surface area contributed by atoms with Crippen molar-refractivity contribution in [2.24, 2.45) is 0 Å². The van der Waals surface area contributed by atoms with Crippen LogP contribution in [0.4, 0.5) is 10.8 Å². The highest BCUT2D eigenvalue weighted by atomic mass is 35.5. The lowest BCUT2D eigenvalue weighted by atomic mass is 10.1. The van der Waals surface area contributed by atoms with E-state index in [1.165, 1.54) is 11.3 Å². The van der Waals surface area contributed by atoms with Gasteiger partial charge in [-0.25, -0.2) is 0 Å². The Bertz CT molecular complexity index is 1100. The van der Waals surface area contributed by atoms with Gasteiger partial charge in [-0.2, -0.15) is 0 Å². The number of hydrogen-bond donors (Lipinski definition) is 1. The largest absolute Gasteiger partial charge is 0.378 e. The molecule has 1 fully saturated rings. The highest BCUT2D eigenvalue weighted by molar-refractivity contribution is 7.18. The topological polar surface area (TPSA) is 78.4 Å². The lowest BCUT2D eigenvalue weighted by Crippen LogP contribution is -2.43. The Morgan fingerprint density at radius 2 is 1.94 bits per heavy atom. The summed E-state index contributed by atoms with van der Waals surface area (Å²) in [4.78, 5) is 29.4. The van der Waals surface area contributed by atoms with E-state index in [1.807, 2.05) is 43.3 Å². The van der Waals surface area contributed by atoms with Gasteiger partial charge in [0.25, 0.3) is 5.91 Å². The maximum Gasteiger partial charge on any atom is 0.254 e. The highest BCUT2D eigenvalue weighted by Gasteiger charge is 2.35. The molecule has 0 saturated carbocycles. The number of anilines is 2. The first-order valence-corrected chi connectivity index (χ1v) is 11.1. The predicted molar refractivity (Wildman–Crippen MR) is 124 cm³/mol. The number of amides is 2. The third-order valence-electron chi connectivity index (χ3n) is 5.17. The molecule has 31 heavy (non-hydrogen) atoms. The first-order valence-electron chi connectivity index (χ1n) is 9.91. The Labute approximate surface area is 189 Å². The minimum atomic E-state index is -0.543. The summed E-state index contributed by atoms with van der Waals surface area (Å²) >= 11 is 7.32. The molecule has 1 unspecified atom stereocenters. The molecule has 3 aromatic rings. The maximum atomic E-state index is 12.9. The third kappa shape index (κ3) is 4.70. The molecule has 160 valence electrons. The van der Waals surface area contributed by atoms with E-state index >= 15 is 0 Å². The van der Waals surface area contributed by atoms with Crippen LogP contribution in [0.5, 0.6) is 0 Å². The summed E-state index contributed by atoms with van der Waals surface area (Å²) in [7, 11) is 3.97. The number of nitrogens with one attached hydrogen (secondary N) is 1. The van der Waals surface area contributed by atoms with Gasteiger partial charge in [-0.3, -0.25) is 14.9 Å². The van der Waals surface area contributed by atoms with Crippen LogP contribution in [-0.2, 0) is 4.79 Å². The van der Waals surface area contributed by atoms with E-state index in [9.17, 15) is 9.59 Å². The summed E-state index contributed by atoms with van der Waals surface area (Å²) in [6.45, 7) is 0.531. The first-order chi connectivity index (χ1) is 14.9. The minimum Gasteiger partial charge on any atom is -0.378 e. The SMILES string of the molecule is CN(C)c1ccc(-c2nnc(NC(=O)C3CCCN3C(=O)c3cccc(Cl)c3)s2)cc1. The van der Waals surface area contributed by atoms with Gasteiger partial charge in [-0.1, -0.05) is 29.0 Å². The van der Waals surface area contributed by atoms with Crippen LogP contribution < -0.4 is 10.2 Å². The molecule has 0 radical (unpaired) electrons. The molecular formula is C22H22ClN5O2S. The number of likely N-dealkylation sites (tertiary alicyclic amines) is 1. The zero-order valence-electron chi connectivity index (χ0n) is 17.2. The summed E-state index contributed by atoms with van der Waals surface area (Å²) in [5, 5.41) is 12.8. The number of hydrogen-bond acceptors (Lipinski definition) is 6. The van der Waals surface area contributed by atoms with E-state index in [2.05, 4.69) is 15.5 Å². The molecule has 0 bridgehead atoms. The normalized spacial score (nSPS) is 15.7. The van der Waals surface area contributed by atoms with Crippen molar-refractivity contribution in [2.75, 3.05) is 30.9 Å². The maximum absolute atomic E-state index is 12.9. The summed E-state index contributed by atoms with van der Waals surface area (Å²) < 4.78 is 0. The molecule has 2 amide bonds. The fraction of sp³-hybridized carbons (Fsp3) is 0.273. The Morgan fingerprint density at radius 1 is 1.16 bits per heavy atom. The van der Waals surface area contributed by atoms with Crippen molar-refractivity contribution in [1.29, 1.82) is 0 Å². The lowest BCUT2D eigenvalue weighted by molar-refractivity contribution is -0.119. The monoisotopic (exact) mass is 455 g/mol. The van der Waals surface area contributed by atoms with Crippen molar-refractivity contribution in [3.05, 3.63) is 59.1 Å². The summed E-state index contributed by atoms with van der Waals surface area (Å²) in [5.74, 6) is -0.447. The molecule has 1 saturated heterocycles. The predicted octanol–water partition coefficient (Wildman–Crippen LogP) is 4.17. The Balaban J connectivity index is 1.45. The van der Waals surface area contributed by atoms with Gasteiger partial charge in [0.05, 0.1) is 0 Å². The van der Waals surface area contributed by atoms with Gasteiger partial charge < -0.3 is 9.80 Å². The lowest BCUT2D eigenvalue weighted by Gasteiger charge is -2.23. The van der Waals surface area contributed by atoms with Crippen molar-refractivity contribution in [2.45, 2.75) is 18.9 Å². The molecule has 0 spiro atoms. The number of benzene rings is 2. The number of halogens is 1. The first kappa shape index (κ1) is 21.3. The smallest absolute Gasteiger partial charge is 0.254 e. The van der Waals surface area contributed by atoms with E-state index in [0.29, 0.717) is 28.7 Å². The average Bonchev–Trinajstić information content (AvgIpc) is 3.43. The Hall–Kier alpha value is -2.97. The molecule has 1 atom stereocenters. The molecule has 2 aromatic carbocycles. The second-order valence-electron chi connectivity index (χ2n) is 7.51. The van der Waals surface area contributed by atoms with Gasteiger partial charge in [0, 0.05) is 42.5 Å². The van der Waals surface area contributed by atoms with E-state index in [4.69, 9.17) is 11.6 Å². The van der Waals surface area contributed by atoms with Gasteiger partial charge >= 0.3 is 0 Å². The van der Waals surface area contributed by atoms with E-state index in [-0.39, 0.29) is 11.8 Å². The quantitative estimate of drug-likeness (QED) is 0.624. The summed E-state index contributed by atoms with van der Waals surface area (Å²) in [5.41, 5.74) is 2.50. The molecule has 7 nitrogen and oxygen atoms in total. The molecule has 1 aliphatic rings. The number of aromatic nitrogens is 2. The van der Waals surface area contributed by atoms with Gasteiger partial charge in [0.1, 0.15) is 11.0 Å². The molecule has 0 aliphatic carbocycles. The standard InChI is InChI=1S/C22H22ClN5O2S/c1-27(2)17-10-8-14(9-11-17)20-25-26-22(31-20)24-19(29)18-7-4-12-28(18)21(30)15-5-3-6-16(23)13-15/h3,5-6,8-11,13,18H,4,7,12H2,1-2H3,(H,24,26,29). The number of rotatable bonds is 5. The second kappa shape index (κ2) is 9.03. The number of carbonyl (C=O) groups is 2. The Kier molecular flexibility index (Phi) is 6.20. The van der Waals surface area contributed by atoms with Gasteiger partial charge in [0.2, 0.25) is 11.0 Å². The number of nitrogens with zero attached hydrogens (tertiary/aromatic N) is 4. The fourth-order valence-electron chi connectivity index (χ4n) is 3.55. The highest BCUT2D eigenvalue weighted by Crippen LogP contribution is 2.29. The summed E-state index contributed by atoms with van der Waals surface area (Å²) in [6, 6.07) is 14.2. The minimum absolute atomic E-state index is 0.195. The van der Waals surface area contributed by atoms with Crippen LogP contribution >= 0.6 is 22.9 Å². The van der Waals surface area contributed by atoms with E-state index in [1.54, 1.807) is 29.2 Å². The number of carbonyl (C=O) groups excluding carboxylic acids is 2. The second-order valence-corrected chi connectivity index (χ2v) is 8.92. The zero-order chi connectivity index (χ0) is 22.0. The van der Waals surface area contributed by atoms with Gasteiger partial charge in [-0.05, 0) is 55.3 Å². The van der Waals surface area contributed by atoms with Crippen LogP contribution in [0.1, 0.15) is 23.2 Å². The Morgan fingerprint density at radius 3 is 2.65 bits per heavy atom. The third-order valence-corrected chi connectivity index (χ3v) is 6.30. The molecule has 1 N–H and O–H groups in total. The van der Waals surface area contributed by atoms with Crippen molar-refractivity contribution < 1.29 is 9.59 Å². The van der Waals surface area contributed by atoms with E-state index in [0.717, 1.165) is 22.7 Å². The van der Waals surface area contributed by atoms with Crippen LogP contribution in [0.25, 0.3) is 10.6 Å². The van der Waals surface area contributed by atoms with Crippen molar-refractivity contribution in [3.8, 4) is 10.6 Å². The van der Waals surface area contributed by atoms with Crippen LogP contribution in [0.2, 0.25) is 5.02 Å². The molecule has 2 heterocycles. The van der Waals surface area contributed by atoms with Crippen LogP contribution in [0.3, 0.4) is 0 Å². The fourth-order valence-corrected chi connectivity index (χ4v) is 4.49. The molecule has 1 aromatic heterocycles. The van der Waals surface area contributed by atoms with Crippen molar-refractivity contribution >= 4 is 45.6 Å². The molecule has 4 rings (SSSR count). The van der Waals surface area contributed by atoms with E-state index < -0.39 is 6.04 Å².